The van der Waals surface area contributed by atoms with Gasteiger partial charge in [-0.25, -0.2) is 4.79 Å². The number of nitrogens with one attached hydrogen (secondary N) is 2. The van der Waals surface area contributed by atoms with Crippen LogP contribution in [0.25, 0.3) is 0 Å². The van der Waals surface area contributed by atoms with Gasteiger partial charge in [-0.05, 0) is 43.5 Å². The maximum absolute atomic E-state index is 11.9. The number of aromatic hydroxyl groups is 1. The van der Waals surface area contributed by atoms with Gasteiger partial charge in [-0.2, -0.15) is 5.10 Å². The molecule has 25 heavy (non-hydrogen) atoms. The smallest absolute Gasteiger partial charge is 0.315 e. The lowest BCUT2D eigenvalue weighted by Crippen LogP contribution is -2.38. The molecule has 136 valence electrons. The van der Waals surface area contributed by atoms with Crippen molar-refractivity contribution in [1.82, 2.24) is 20.4 Å². The van der Waals surface area contributed by atoms with Crippen LogP contribution in [0.1, 0.15) is 23.9 Å². The highest BCUT2D eigenvalue weighted by molar-refractivity contribution is 5.73. The summed E-state index contributed by atoms with van der Waals surface area (Å²) in [5, 5.41) is 19.8. The lowest BCUT2D eigenvalue weighted by atomic mass is 10.2. The second-order valence-corrected chi connectivity index (χ2v) is 6.28. The molecular weight excluding hydrogens is 320 g/mol. The molecule has 2 amide bonds. The molecule has 0 fully saturated rings. The summed E-state index contributed by atoms with van der Waals surface area (Å²) in [4.78, 5) is 11.9. The molecule has 2 rings (SSSR count). The molecule has 1 atom stereocenters. The van der Waals surface area contributed by atoms with E-state index in [1.54, 1.807) is 18.2 Å². The zero-order chi connectivity index (χ0) is 18.4. The molecule has 1 aromatic heterocycles. The highest BCUT2D eigenvalue weighted by Gasteiger charge is 2.09. The Morgan fingerprint density at radius 2 is 2.08 bits per heavy atom. The molecule has 0 bridgehead atoms. The van der Waals surface area contributed by atoms with Crippen molar-refractivity contribution < 1.29 is 14.6 Å². The van der Waals surface area contributed by atoms with Crippen molar-refractivity contribution in [1.29, 1.82) is 0 Å². The van der Waals surface area contributed by atoms with E-state index < -0.39 is 0 Å². The first-order valence-electron chi connectivity index (χ1n) is 8.27. The number of rotatable bonds is 7. The number of hydrogen-bond acceptors (Lipinski definition) is 4. The molecule has 7 nitrogen and oxygen atoms in total. The number of phenolic OH excluding ortho intramolecular Hbond substituents is 1. The number of ether oxygens (including phenoxy) is 1. The Morgan fingerprint density at radius 3 is 2.68 bits per heavy atom. The van der Waals surface area contributed by atoms with Crippen LogP contribution in [-0.2, 0) is 13.1 Å². The van der Waals surface area contributed by atoms with E-state index in [4.69, 9.17) is 4.74 Å². The average molecular weight is 346 g/mol. The molecule has 0 spiro atoms. The molecule has 0 saturated heterocycles. The van der Waals surface area contributed by atoms with Crippen LogP contribution in [0.4, 0.5) is 4.79 Å². The fraction of sp³-hybridized carbons (Fsp3) is 0.444. The molecule has 1 aromatic carbocycles. The lowest BCUT2D eigenvalue weighted by molar-refractivity contribution is 0.238. The third-order valence-corrected chi connectivity index (χ3v) is 3.90. The number of aryl methyl sites for hydroxylation is 2. The topological polar surface area (TPSA) is 88.4 Å². The van der Waals surface area contributed by atoms with E-state index in [-0.39, 0.29) is 17.7 Å². The van der Waals surface area contributed by atoms with Crippen molar-refractivity contribution in [3.63, 3.8) is 0 Å². The number of methoxy groups -OCH3 is 1. The van der Waals surface area contributed by atoms with Gasteiger partial charge in [0, 0.05) is 25.3 Å². The summed E-state index contributed by atoms with van der Waals surface area (Å²) < 4.78 is 6.95. The van der Waals surface area contributed by atoms with Crippen molar-refractivity contribution in [2.75, 3.05) is 13.7 Å². The van der Waals surface area contributed by atoms with E-state index in [0.717, 1.165) is 23.5 Å². The quantitative estimate of drug-likeness (QED) is 0.718. The van der Waals surface area contributed by atoms with Gasteiger partial charge in [-0.15, -0.1) is 0 Å². The number of amides is 2. The van der Waals surface area contributed by atoms with Gasteiger partial charge in [0.25, 0.3) is 0 Å². The minimum Gasteiger partial charge on any atom is -0.504 e. The van der Waals surface area contributed by atoms with Crippen molar-refractivity contribution in [2.45, 2.75) is 33.9 Å². The zero-order valence-corrected chi connectivity index (χ0v) is 15.2. The number of hydrogen-bond donors (Lipinski definition) is 3. The monoisotopic (exact) mass is 346 g/mol. The van der Waals surface area contributed by atoms with Crippen LogP contribution < -0.4 is 15.4 Å². The Bertz CT molecular complexity index is 727. The highest BCUT2D eigenvalue weighted by Crippen LogP contribution is 2.25. The highest BCUT2D eigenvalue weighted by atomic mass is 16.5. The summed E-state index contributed by atoms with van der Waals surface area (Å²) in [7, 11) is 1.49. The molecule has 0 aliphatic rings. The van der Waals surface area contributed by atoms with E-state index in [1.165, 1.54) is 7.11 Å². The van der Waals surface area contributed by atoms with Crippen LogP contribution in [-0.4, -0.2) is 34.6 Å². The van der Waals surface area contributed by atoms with Gasteiger partial charge in [0.1, 0.15) is 0 Å². The van der Waals surface area contributed by atoms with Crippen molar-refractivity contribution in [2.24, 2.45) is 5.92 Å². The number of carbonyl (C=O) groups is 1. The van der Waals surface area contributed by atoms with Crippen LogP contribution in [0.5, 0.6) is 11.5 Å². The maximum Gasteiger partial charge on any atom is 0.315 e. The molecule has 3 N–H and O–H groups in total. The van der Waals surface area contributed by atoms with E-state index in [9.17, 15) is 9.90 Å². The van der Waals surface area contributed by atoms with Gasteiger partial charge in [-0.1, -0.05) is 13.0 Å². The van der Waals surface area contributed by atoms with Crippen LogP contribution in [0, 0.1) is 19.8 Å². The first kappa shape index (κ1) is 18.6. The number of phenols is 1. The van der Waals surface area contributed by atoms with Crippen LogP contribution >= 0.6 is 0 Å². The largest absolute Gasteiger partial charge is 0.504 e. The maximum atomic E-state index is 11.9. The van der Waals surface area contributed by atoms with Crippen molar-refractivity contribution in [3.8, 4) is 11.5 Å². The Balaban J connectivity index is 1.75. The molecule has 0 aliphatic carbocycles. The third-order valence-electron chi connectivity index (χ3n) is 3.90. The second kappa shape index (κ2) is 8.41. The number of urea groups is 1. The van der Waals surface area contributed by atoms with Gasteiger partial charge in [0.15, 0.2) is 11.5 Å². The van der Waals surface area contributed by atoms with Gasteiger partial charge in [0.05, 0.1) is 12.8 Å². The fourth-order valence-corrected chi connectivity index (χ4v) is 2.58. The van der Waals surface area contributed by atoms with Crippen molar-refractivity contribution >= 4 is 6.03 Å². The molecule has 0 saturated carbocycles. The standard InChI is InChI=1S/C18H26N4O3/c1-12(11-22-14(3)7-13(2)21-22)9-19-18(24)20-10-15-5-6-17(25-4)16(23)8-15/h5-8,12,23H,9-11H2,1-4H3,(H2,19,20,24)/t12-/m1/s1. The SMILES string of the molecule is COc1ccc(CNC(=O)NC[C@@H](C)Cn2nc(C)cc2C)cc1O. The molecule has 1 heterocycles. The fourth-order valence-electron chi connectivity index (χ4n) is 2.58. The predicted octanol–water partition coefficient (Wildman–Crippen LogP) is 2.35. The van der Waals surface area contributed by atoms with Crippen molar-refractivity contribution in [3.05, 3.63) is 41.2 Å². The Hall–Kier alpha value is -2.70. The first-order valence-corrected chi connectivity index (χ1v) is 8.27. The summed E-state index contributed by atoms with van der Waals surface area (Å²) in [5.41, 5.74) is 2.91. The minimum absolute atomic E-state index is 0.0562. The molecule has 7 heteroatoms. The Morgan fingerprint density at radius 1 is 1.32 bits per heavy atom. The van der Waals surface area contributed by atoms with E-state index in [1.807, 2.05) is 24.6 Å². The van der Waals surface area contributed by atoms with E-state index in [0.29, 0.717) is 18.8 Å². The number of carbonyl (C=O) groups excluding carboxylic acids is 1. The minimum atomic E-state index is -0.240. The summed E-state index contributed by atoms with van der Waals surface area (Å²) in [5.74, 6) is 0.723. The lowest BCUT2D eigenvalue weighted by Gasteiger charge is -2.14. The Labute approximate surface area is 148 Å². The predicted molar refractivity (Wildman–Crippen MR) is 95.8 cm³/mol. The Kier molecular flexibility index (Phi) is 6.27. The number of nitrogens with zero attached hydrogens (tertiary/aromatic N) is 2. The first-order chi connectivity index (χ1) is 11.9. The summed E-state index contributed by atoms with van der Waals surface area (Å²) >= 11 is 0. The molecular formula is C18H26N4O3. The summed E-state index contributed by atoms with van der Waals surface area (Å²) in [6.07, 6.45) is 0. The molecule has 0 aliphatic heterocycles. The van der Waals surface area contributed by atoms with Gasteiger partial charge < -0.3 is 20.5 Å². The third kappa shape index (κ3) is 5.41. The number of benzene rings is 1. The van der Waals surface area contributed by atoms with Crippen LogP contribution in [0.3, 0.4) is 0 Å². The molecule has 2 aromatic rings. The number of aromatic nitrogens is 2. The van der Waals surface area contributed by atoms with Crippen LogP contribution in [0.15, 0.2) is 24.3 Å². The van der Waals surface area contributed by atoms with E-state index >= 15 is 0 Å². The zero-order valence-electron chi connectivity index (χ0n) is 15.2. The molecule has 0 unspecified atom stereocenters. The summed E-state index contributed by atoms with van der Waals surface area (Å²) in [6, 6.07) is 6.84. The second-order valence-electron chi connectivity index (χ2n) is 6.28. The van der Waals surface area contributed by atoms with Gasteiger partial charge in [0.2, 0.25) is 0 Å². The van der Waals surface area contributed by atoms with E-state index in [2.05, 4.69) is 22.7 Å². The normalized spacial score (nSPS) is 11.8. The molecule has 0 radical (unpaired) electrons. The summed E-state index contributed by atoms with van der Waals surface area (Å²) in [6.45, 7) is 7.70. The van der Waals surface area contributed by atoms with Gasteiger partial charge >= 0.3 is 6.03 Å². The van der Waals surface area contributed by atoms with Gasteiger partial charge in [-0.3, -0.25) is 4.68 Å². The van der Waals surface area contributed by atoms with Crippen LogP contribution in [0.2, 0.25) is 0 Å². The average Bonchev–Trinajstić information content (AvgIpc) is 2.88.